The van der Waals surface area contributed by atoms with Crippen molar-refractivity contribution in [3.63, 3.8) is 0 Å². The molecule has 1 saturated heterocycles. The normalized spacial score (nSPS) is 20.1. The van der Waals surface area contributed by atoms with Gasteiger partial charge in [0.05, 0.1) is 6.10 Å². The molecule has 6 nitrogen and oxygen atoms in total. The monoisotopic (exact) mass is 496 g/mol. The van der Waals surface area contributed by atoms with Crippen LogP contribution in [0.1, 0.15) is 71.1 Å². The zero-order valence-corrected chi connectivity index (χ0v) is 22.9. The summed E-state index contributed by atoms with van der Waals surface area (Å²) in [4.78, 5) is 17.2. The SMILES string of the molecule is CC.CCc1ccc(N(CC(C)C)C(=O)Oc2ccc3c(c2)C(O)CC(C2CCN(C)CC2)O3)cc1. The molecule has 0 spiro atoms. The van der Waals surface area contributed by atoms with Crippen LogP contribution in [-0.2, 0) is 6.42 Å². The van der Waals surface area contributed by atoms with E-state index >= 15 is 0 Å². The quantitative estimate of drug-likeness (QED) is 0.497. The molecule has 2 heterocycles. The lowest BCUT2D eigenvalue weighted by atomic mass is 9.85. The van der Waals surface area contributed by atoms with Crippen molar-refractivity contribution in [2.45, 2.75) is 72.5 Å². The van der Waals surface area contributed by atoms with Gasteiger partial charge in [-0.05, 0) is 87.1 Å². The number of hydrogen-bond acceptors (Lipinski definition) is 5. The number of piperidine rings is 1. The van der Waals surface area contributed by atoms with Crippen LogP contribution in [0.15, 0.2) is 42.5 Å². The summed E-state index contributed by atoms with van der Waals surface area (Å²) in [6, 6.07) is 13.4. The molecule has 1 amide bonds. The van der Waals surface area contributed by atoms with Crippen molar-refractivity contribution in [2.75, 3.05) is 31.6 Å². The fourth-order valence-electron chi connectivity index (χ4n) is 4.92. The maximum absolute atomic E-state index is 13.1. The van der Waals surface area contributed by atoms with E-state index in [-0.39, 0.29) is 12.0 Å². The van der Waals surface area contributed by atoms with E-state index in [0.717, 1.165) is 38.0 Å². The standard InChI is InChI=1S/C28H38N2O4.C2H6/c1-5-20-6-8-22(9-7-20)30(18-19(2)3)28(32)33-23-10-11-26-24(16-23)25(31)17-27(34-26)21-12-14-29(4)15-13-21;1-2/h6-11,16,19,21,25,27,31H,5,12-15,17-18H2,1-4H3;1-2H3. The van der Waals surface area contributed by atoms with Gasteiger partial charge in [0.15, 0.2) is 0 Å². The van der Waals surface area contributed by atoms with Crippen molar-refractivity contribution in [1.29, 1.82) is 0 Å². The van der Waals surface area contributed by atoms with Gasteiger partial charge in [-0.1, -0.05) is 46.8 Å². The number of anilines is 1. The molecule has 2 aromatic carbocycles. The Morgan fingerprint density at radius 3 is 2.42 bits per heavy atom. The first-order valence-electron chi connectivity index (χ1n) is 13.6. The third-order valence-electron chi connectivity index (χ3n) is 6.99. The number of likely N-dealkylation sites (tertiary alicyclic amines) is 1. The third kappa shape index (κ3) is 7.01. The number of nitrogens with zero attached hydrogens (tertiary/aromatic N) is 2. The lowest BCUT2D eigenvalue weighted by molar-refractivity contribution is 0.0155. The van der Waals surface area contributed by atoms with Crippen LogP contribution in [0.3, 0.4) is 0 Å². The van der Waals surface area contributed by atoms with Gasteiger partial charge >= 0.3 is 6.09 Å². The van der Waals surface area contributed by atoms with Crippen molar-refractivity contribution in [1.82, 2.24) is 4.90 Å². The maximum Gasteiger partial charge on any atom is 0.419 e. The molecule has 0 aromatic heterocycles. The van der Waals surface area contributed by atoms with E-state index in [0.29, 0.717) is 35.9 Å². The second-order valence-electron chi connectivity index (χ2n) is 10.1. The van der Waals surface area contributed by atoms with Crippen molar-refractivity contribution in [2.24, 2.45) is 11.8 Å². The first-order valence-corrected chi connectivity index (χ1v) is 13.6. The average molecular weight is 497 g/mol. The summed E-state index contributed by atoms with van der Waals surface area (Å²) in [6.45, 7) is 13.0. The number of amides is 1. The Morgan fingerprint density at radius 1 is 1.14 bits per heavy atom. The minimum absolute atomic E-state index is 0.0252. The Morgan fingerprint density at radius 2 is 1.81 bits per heavy atom. The van der Waals surface area contributed by atoms with Crippen LogP contribution in [0.2, 0.25) is 0 Å². The Kier molecular flexibility index (Phi) is 10.2. The fraction of sp³-hybridized carbons (Fsp3) is 0.567. The van der Waals surface area contributed by atoms with Crippen LogP contribution >= 0.6 is 0 Å². The smallest absolute Gasteiger partial charge is 0.419 e. The maximum atomic E-state index is 13.1. The second-order valence-corrected chi connectivity index (χ2v) is 10.1. The summed E-state index contributed by atoms with van der Waals surface area (Å²) in [5, 5.41) is 10.9. The molecular weight excluding hydrogens is 452 g/mol. The van der Waals surface area contributed by atoms with Gasteiger partial charge in [-0.2, -0.15) is 0 Å². The molecule has 0 aliphatic carbocycles. The van der Waals surface area contributed by atoms with Crippen molar-refractivity contribution >= 4 is 11.8 Å². The molecule has 2 aromatic rings. The Hall–Kier alpha value is -2.57. The highest BCUT2D eigenvalue weighted by molar-refractivity contribution is 5.89. The van der Waals surface area contributed by atoms with Gasteiger partial charge in [-0.15, -0.1) is 0 Å². The van der Waals surface area contributed by atoms with E-state index in [1.54, 1.807) is 17.0 Å². The number of carbonyl (C=O) groups is 1. The summed E-state index contributed by atoms with van der Waals surface area (Å²) >= 11 is 0. The largest absolute Gasteiger partial charge is 0.490 e. The molecule has 0 bridgehead atoms. The number of aliphatic hydroxyl groups excluding tert-OH is 1. The van der Waals surface area contributed by atoms with Gasteiger partial charge in [-0.25, -0.2) is 4.79 Å². The summed E-state index contributed by atoms with van der Waals surface area (Å²) in [5.41, 5.74) is 2.74. The Balaban J connectivity index is 0.00000176. The molecule has 4 rings (SSSR count). The molecule has 2 unspecified atom stereocenters. The summed E-state index contributed by atoms with van der Waals surface area (Å²) < 4.78 is 12.1. The number of aliphatic hydroxyl groups is 1. The molecule has 6 heteroatoms. The van der Waals surface area contributed by atoms with E-state index in [2.05, 4.69) is 32.7 Å². The molecule has 0 radical (unpaired) electrons. The van der Waals surface area contributed by atoms with Gasteiger partial charge in [0.25, 0.3) is 0 Å². The third-order valence-corrected chi connectivity index (χ3v) is 6.99. The molecule has 36 heavy (non-hydrogen) atoms. The second kappa shape index (κ2) is 13.1. The minimum Gasteiger partial charge on any atom is -0.490 e. The summed E-state index contributed by atoms with van der Waals surface area (Å²) in [7, 11) is 2.15. The molecular formula is C30H44N2O4. The number of ether oxygens (including phenoxy) is 2. The van der Waals surface area contributed by atoms with E-state index < -0.39 is 12.2 Å². The molecule has 0 saturated carbocycles. The highest BCUT2D eigenvalue weighted by atomic mass is 16.6. The van der Waals surface area contributed by atoms with Crippen molar-refractivity contribution in [3.05, 3.63) is 53.6 Å². The van der Waals surface area contributed by atoms with Gasteiger partial charge in [0, 0.05) is 24.2 Å². The zero-order valence-electron chi connectivity index (χ0n) is 22.9. The highest BCUT2D eigenvalue weighted by Gasteiger charge is 2.34. The average Bonchev–Trinajstić information content (AvgIpc) is 2.89. The number of rotatable bonds is 6. The summed E-state index contributed by atoms with van der Waals surface area (Å²) in [5.74, 6) is 1.86. The van der Waals surface area contributed by atoms with Gasteiger partial charge in [0.2, 0.25) is 0 Å². The minimum atomic E-state index is -0.625. The van der Waals surface area contributed by atoms with Crippen molar-refractivity contribution < 1.29 is 19.4 Å². The number of aryl methyl sites for hydroxylation is 1. The molecule has 2 aliphatic heterocycles. The Bertz CT molecular complexity index is 967. The van der Waals surface area contributed by atoms with Gasteiger partial charge in [0.1, 0.15) is 17.6 Å². The van der Waals surface area contributed by atoms with Gasteiger partial charge in [-0.3, -0.25) is 4.90 Å². The van der Waals surface area contributed by atoms with Crippen LogP contribution in [0.25, 0.3) is 0 Å². The lowest BCUT2D eigenvalue weighted by Crippen LogP contribution is -2.40. The van der Waals surface area contributed by atoms with Crippen LogP contribution in [0, 0.1) is 11.8 Å². The molecule has 1 fully saturated rings. The van der Waals surface area contributed by atoms with Crippen molar-refractivity contribution in [3.8, 4) is 11.5 Å². The first-order chi connectivity index (χ1) is 17.3. The predicted molar refractivity (Wildman–Crippen MR) is 146 cm³/mol. The van der Waals surface area contributed by atoms with E-state index in [1.807, 2.05) is 44.2 Å². The Labute approximate surface area is 217 Å². The van der Waals surface area contributed by atoms with Crippen LogP contribution in [-0.4, -0.2) is 48.9 Å². The molecule has 2 atom stereocenters. The molecule has 1 N–H and O–H groups in total. The zero-order chi connectivity index (χ0) is 26.2. The van der Waals surface area contributed by atoms with E-state index in [4.69, 9.17) is 9.47 Å². The predicted octanol–water partition coefficient (Wildman–Crippen LogP) is 6.46. The first kappa shape index (κ1) is 28.0. The van der Waals surface area contributed by atoms with Crippen LogP contribution in [0.5, 0.6) is 11.5 Å². The van der Waals surface area contributed by atoms with Crippen LogP contribution < -0.4 is 14.4 Å². The highest BCUT2D eigenvalue weighted by Crippen LogP contribution is 2.40. The van der Waals surface area contributed by atoms with Crippen LogP contribution in [0.4, 0.5) is 10.5 Å². The molecule has 2 aliphatic rings. The number of hydrogen-bond donors (Lipinski definition) is 1. The fourth-order valence-corrected chi connectivity index (χ4v) is 4.92. The number of fused-ring (bicyclic) bond motifs is 1. The number of benzene rings is 2. The van der Waals surface area contributed by atoms with E-state index in [1.165, 1.54) is 5.56 Å². The summed E-state index contributed by atoms with van der Waals surface area (Å²) in [6.07, 6.45) is 2.67. The lowest BCUT2D eigenvalue weighted by Gasteiger charge is -2.38. The number of carbonyl (C=O) groups excluding carboxylic acids is 1. The van der Waals surface area contributed by atoms with Gasteiger partial charge < -0.3 is 19.5 Å². The van der Waals surface area contributed by atoms with E-state index in [9.17, 15) is 9.90 Å². The topological polar surface area (TPSA) is 62.2 Å². The molecule has 198 valence electrons.